The first-order chi connectivity index (χ1) is 13.0. The Labute approximate surface area is 168 Å². The second-order valence-electron chi connectivity index (χ2n) is 7.71. The van der Waals surface area contributed by atoms with Crippen molar-refractivity contribution < 1.29 is 23.8 Å². The summed E-state index contributed by atoms with van der Waals surface area (Å²) in [5.74, 6) is -0.664. The highest BCUT2D eigenvalue weighted by atomic mass is 35.5. The van der Waals surface area contributed by atoms with Crippen LogP contribution in [0.1, 0.15) is 33.3 Å². The average Bonchev–Trinajstić information content (AvgIpc) is 2.60. The molecule has 6 heteroatoms. The first kappa shape index (κ1) is 20.4. The monoisotopic (exact) mass is 404 g/mol. The van der Waals surface area contributed by atoms with E-state index in [1.165, 1.54) is 13.2 Å². The molecule has 1 aliphatic heterocycles. The largest absolute Gasteiger partial charge is 0.508 e. The van der Waals surface area contributed by atoms with Gasteiger partial charge in [0.2, 0.25) is 0 Å². The molecule has 1 N–H and O–H groups in total. The Kier molecular flexibility index (Phi) is 5.02. The van der Waals surface area contributed by atoms with Crippen LogP contribution in [0.4, 0.5) is 4.39 Å². The quantitative estimate of drug-likeness (QED) is 0.725. The van der Waals surface area contributed by atoms with E-state index in [9.17, 15) is 14.3 Å². The van der Waals surface area contributed by atoms with Crippen LogP contribution in [-0.4, -0.2) is 29.2 Å². The lowest BCUT2D eigenvalue weighted by Gasteiger charge is -2.40. The van der Waals surface area contributed by atoms with Gasteiger partial charge in [-0.05, 0) is 63.6 Å². The van der Waals surface area contributed by atoms with E-state index in [1.54, 1.807) is 58.0 Å². The van der Waals surface area contributed by atoms with E-state index in [4.69, 9.17) is 21.1 Å². The molecular formula is C22H22ClFO4. The molecule has 0 saturated carbocycles. The molecule has 0 atom stereocenters. The smallest absolute Gasteiger partial charge is 0.198 e. The Balaban J connectivity index is 2.27. The number of carbonyl (C=O) groups is 1. The Morgan fingerprint density at radius 1 is 1.04 bits per heavy atom. The molecule has 0 aromatic heterocycles. The molecule has 2 aromatic carbocycles. The van der Waals surface area contributed by atoms with Crippen LogP contribution >= 0.6 is 11.6 Å². The van der Waals surface area contributed by atoms with Gasteiger partial charge < -0.3 is 14.6 Å². The summed E-state index contributed by atoms with van der Waals surface area (Å²) in [5, 5.41) is 11.1. The van der Waals surface area contributed by atoms with E-state index in [-0.39, 0.29) is 17.1 Å². The maximum absolute atomic E-state index is 14.4. The van der Waals surface area contributed by atoms with E-state index in [1.807, 2.05) is 0 Å². The Hall–Kier alpha value is -2.37. The molecule has 0 saturated heterocycles. The predicted molar refractivity (Wildman–Crippen MR) is 107 cm³/mol. The lowest BCUT2D eigenvalue weighted by atomic mass is 9.82. The average molecular weight is 405 g/mol. The van der Waals surface area contributed by atoms with Gasteiger partial charge in [0, 0.05) is 16.1 Å². The van der Waals surface area contributed by atoms with Gasteiger partial charge in [-0.15, -0.1) is 0 Å². The number of rotatable bonds is 3. The summed E-state index contributed by atoms with van der Waals surface area (Å²) >= 11 is 5.85. The molecule has 1 aliphatic rings. The zero-order chi connectivity index (χ0) is 20.9. The number of ketones is 1. The highest BCUT2D eigenvalue weighted by Crippen LogP contribution is 2.43. The van der Waals surface area contributed by atoms with Crippen LogP contribution in [-0.2, 0) is 9.53 Å². The second kappa shape index (κ2) is 6.90. The van der Waals surface area contributed by atoms with Crippen molar-refractivity contribution in [1.29, 1.82) is 0 Å². The third-order valence-electron chi connectivity index (χ3n) is 4.80. The number of hydrogen-bond donors (Lipinski definition) is 1. The molecule has 3 rings (SSSR count). The lowest BCUT2D eigenvalue weighted by Crippen LogP contribution is -2.49. The third-order valence-corrected chi connectivity index (χ3v) is 5.04. The molecule has 0 radical (unpaired) electrons. The maximum atomic E-state index is 14.4. The van der Waals surface area contributed by atoms with Crippen molar-refractivity contribution in [1.82, 2.24) is 0 Å². The van der Waals surface area contributed by atoms with Crippen LogP contribution < -0.4 is 4.74 Å². The fourth-order valence-corrected chi connectivity index (χ4v) is 3.65. The number of aliphatic hydroxyl groups excluding tert-OH is 1. The van der Waals surface area contributed by atoms with Gasteiger partial charge in [-0.1, -0.05) is 17.7 Å². The molecule has 0 spiro atoms. The van der Waals surface area contributed by atoms with Crippen molar-refractivity contribution in [2.24, 2.45) is 0 Å². The second-order valence-corrected chi connectivity index (χ2v) is 8.15. The molecule has 1 heterocycles. The topological polar surface area (TPSA) is 55.8 Å². The first-order valence-electron chi connectivity index (χ1n) is 8.80. The molecule has 0 unspecified atom stereocenters. The third kappa shape index (κ3) is 3.40. The number of halogens is 2. The Bertz CT molecular complexity index is 992. The van der Waals surface area contributed by atoms with Crippen molar-refractivity contribution in [3.8, 4) is 16.9 Å². The summed E-state index contributed by atoms with van der Waals surface area (Å²) in [6.45, 7) is 6.68. The molecule has 0 aliphatic carbocycles. The summed E-state index contributed by atoms with van der Waals surface area (Å²) in [7, 11) is 1.47. The number of carbonyl (C=O) groups excluding carboxylic acids is 1. The zero-order valence-corrected chi connectivity index (χ0v) is 17.1. The highest BCUT2D eigenvalue weighted by Gasteiger charge is 2.47. The van der Waals surface area contributed by atoms with Gasteiger partial charge in [-0.2, -0.15) is 0 Å². The molecular weight excluding hydrogens is 383 g/mol. The van der Waals surface area contributed by atoms with Gasteiger partial charge in [-0.25, -0.2) is 4.39 Å². The maximum Gasteiger partial charge on any atom is 0.198 e. The lowest BCUT2D eigenvalue weighted by molar-refractivity contribution is -0.158. The fraction of sp³-hybridized carbons (Fsp3) is 0.318. The van der Waals surface area contributed by atoms with Crippen LogP contribution in [0.25, 0.3) is 16.7 Å². The number of Topliss-reactive ketones (excluding diaryl/α,β-unsaturated/α-hetero) is 1. The van der Waals surface area contributed by atoms with Crippen molar-refractivity contribution >= 4 is 23.0 Å². The minimum absolute atomic E-state index is 0.106. The van der Waals surface area contributed by atoms with Crippen LogP contribution in [0, 0.1) is 5.82 Å². The number of benzene rings is 2. The summed E-state index contributed by atoms with van der Waals surface area (Å²) in [5.41, 5.74) is -0.876. The summed E-state index contributed by atoms with van der Waals surface area (Å²) < 4.78 is 25.6. The molecule has 0 amide bonds. The van der Waals surface area contributed by atoms with Crippen LogP contribution in [0.2, 0.25) is 5.02 Å². The Morgan fingerprint density at radius 3 is 2.32 bits per heavy atom. The standard InChI is InChI=1S/C22H22ClFO4/c1-21(2)19(25)18(20(26)22(3,4)28-21)15-10-12(6-9-17(15)27-5)14-8-7-13(23)11-16(14)24/h6-11,25H,1-5H3. The molecule has 4 nitrogen and oxygen atoms in total. The summed E-state index contributed by atoms with van der Waals surface area (Å²) in [6.07, 6.45) is 0. The fourth-order valence-electron chi connectivity index (χ4n) is 3.49. The van der Waals surface area contributed by atoms with Crippen LogP contribution in [0.5, 0.6) is 5.75 Å². The van der Waals surface area contributed by atoms with Gasteiger partial charge >= 0.3 is 0 Å². The van der Waals surface area contributed by atoms with Crippen LogP contribution in [0.3, 0.4) is 0 Å². The first-order valence-corrected chi connectivity index (χ1v) is 9.18. The van der Waals surface area contributed by atoms with Gasteiger partial charge in [0.1, 0.15) is 28.5 Å². The number of methoxy groups -OCH3 is 1. The van der Waals surface area contributed by atoms with E-state index >= 15 is 0 Å². The van der Waals surface area contributed by atoms with Gasteiger partial charge in [0.25, 0.3) is 0 Å². The normalized spacial score (nSPS) is 18.3. The number of aliphatic hydroxyl groups is 1. The highest BCUT2D eigenvalue weighted by molar-refractivity contribution is 6.30. The van der Waals surface area contributed by atoms with Crippen LogP contribution in [0.15, 0.2) is 42.2 Å². The van der Waals surface area contributed by atoms with Crippen molar-refractivity contribution in [3.63, 3.8) is 0 Å². The van der Waals surface area contributed by atoms with Gasteiger partial charge in [0.15, 0.2) is 5.78 Å². The molecule has 0 bridgehead atoms. The minimum Gasteiger partial charge on any atom is -0.508 e. The van der Waals surface area contributed by atoms with Crippen molar-refractivity contribution in [2.75, 3.05) is 7.11 Å². The molecule has 148 valence electrons. The molecule has 28 heavy (non-hydrogen) atoms. The molecule has 2 aromatic rings. The van der Waals surface area contributed by atoms with E-state index in [2.05, 4.69) is 0 Å². The van der Waals surface area contributed by atoms with Crippen molar-refractivity contribution in [2.45, 2.75) is 38.9 Å². The van der Waals surface area contributed by atoms with E-state index < -0.39 is 17.0 Å². The van der Waals surface area contributed by atoms with E-state index in [0.29, 0.717) is 27.5 Å². The van der Waals surface area contributed by atoms with Crippen molar-refractivity contribution in [3.05, 3.63) is 58.6 Å². The van der Waals surface area contributed by atoms with Gasteiger partial charge in [0.05, 0.1) is 12.7 Å². The minimum atomic E-state index is -1.14. The van der Waals surface area contributed by atoms with Gasteiger partial charge in [-0.3, -0.25) is 4.79 Å². The SMILES string of the molecule is COc1ccc(-c2ccc(Cl)cc2F)cc1C1=C(O)C(C)(C)OC(C)(C)C1=O. The predicted octanol–water partition coefficient (Wildman–Crippen LogP) is 5.58. The molecule has 0 fully saturated rings. The van der Waals surface area contributed by atoms with E-state index in [0.717, 1.165) is 0 Å². The summed E-state index contributed by atoms with van der Waals surface area (Å²) in [4.78, 5) is 13.1. The Morgan fingerprint density at radius 2 is 1.71 bits per heavy atom. The zero-order valence-electron chi connectivity index (χ0n) is 16.4. The summed E-state index contributed by atoms with van der Waals surface area (Å²) in [6, 6.07) is 9.34. The number of hydrogen-bond acceptors (Lipinski definition) is 4. The number of ether oxygens (including phenoxy) is 2.